The number of hydrogen-bond acceptors (Lipinski definition) is 2. The topological polar surface area (TPSA) is 32.3 Å². The van der Waals surface area contributed by atoms with Crippen LogP contribution in [0.4, 0.5) is 4.39 Å². The molecule has 2 rings (SSSR count). The summed E-state index contributed by atoms with van der Waals surface area (Å²) < 4.78 is 14.1. The molecule has 23 heavy (non-hydrogen) atoms. The summed E-state index contributed by atoms with van der Waals surface area (Å²) in [7, 11) is 1.91. The van der Waals surface area contributed by atoms with Gasteiger partial charge < -0.3 is 5.32 Å². The minimum absolute atomic E-state index is 0.100. The maximum Gasteiger partial charge on any atom is 0.242 e. The van der Waals surface area contributed by atoms with Gasteiger partial charge in [-0.15, -0.1) is 0 Å². The fourth-order valence-corrected chi connectivity index (χ4v) is 2.77. The summed E-state index contributed by atoms with van der Waals surface area (Å²) in [6, 6.07) is 13.7. The normalized spacial score (nSPS) is 12.2. The summed E-state index contributed by atoms with van der Waals surface area (Å²) in [5.74, 6) is -0.417. The third kappa shape index (κ3) is 4.62. The molecule has 0 heterocycles. The van der Waals surface area contributed by atoms with E-state index in [1.54, 1.807) is 6.07 Å². The van der Waals surface area contributed by atoms with Gasteiger partial charge in [-0.05, 0) is 42.9 Å². The van der Waals surface area contributed by atoms with Crippen LogP contribution in [-0.2, 0) is 11.3 Å². The highest BCUT2D eigenvalue weighted by Gasteiger charge is 2.23. The van der Waals surface area contributed by atoms with Crippen molar-refractivity contribution in [1.82, 2.24) is 10.2 Å². The highest BCUT2D eigenvalue weighted by Crippen LogP contribution is 2.21. The van der Waals surface area contributed by atoms with Gasteiger partial charge in [0.2, 0.25) is 5.91 Å². The zero-order valence-corrected chi connectivity index (χ0v) is 14.8. The van der Waals surface area contributed by atoms with Crippen LogP contribution in [0.3, 0.4) is 0 Å². The third-order valence-corrected chi connectivity index (χ3v) is 4.54. The molecule has 1 N–H and O–H groups in total. The first kappa shape index (κ1) is 17.6. The van der Waals surface area contributed by atoms with Gasteiger partial charge in [0.15, 0.2) is 0 Å². The first-order valence-electron chi connectivity index (χ1n) is 7.49. The first-order valence-corrected chi connectivity index (χ1v) is 8.29. The Morgan fingerprint density at radius 2 is 1.96 bits per heavy atom. The predicted octanol–water partition coefficient (Wildman–Crippen LogP) is 3.90. The number of benzene rings is 2. The standard InChI is InChI=1S/C18H20BrFN2O/c1-3-22(2)17(13-7-5-4-6-8-13)18(23)21-12-14-11-15(20)9-10-16(14)19/h4-11,17H,3,12H2,1-2H3,(H,21,23). The Balaban J connectivity index is 2.14. The molecule has 2 aromatic carbocycles. The average molecular weight is 379 g/mol. The van der Waals surface area contributed by atoms with E-state index in [-0.39, 0.29) is 24.3 Å². The number of carbonyl (C=O) groups excluding carboxylic acids is 1. The Hall–Kier alpha value is -1.72. The molecule has 0 aliphatic heterocycles. The molecule has 1 unspecified atom stereocenters. The second kappa shape index (κ2) is 8.22. The van der Waals surface area contributed by atoms with Crippen molar-refractivity contribution >= 4 is 21.8 Å². The van der Waals surface area contributed by atoms with E-state index in [2.05, 4.69) is 21.2 Å². The van der Waals surface area contributed by atoms with E-state index in [1.807, 2.05) is 49.2 Å². The molecule has 0 saturated carbocycles. The van der Waals surface area contributed by atoms with Gasteiger partial charge in [0.25, 0.3) is 0 Å². The van der Waals surface area contributed by atoms with Crippen molar-refractivity contribution in [3.8, 4) is 0 Å². The van der Waals surface area contributed by atoms with Crippen molar-refractivity contribution in [2.45, 2.75) is 19.5 Å². The Kier molecular flexibility index (Phi) is 6.30. The van der Waals surface area contributed by atoms with Gasteiger partial charge in [-0.3, -0.25) is 9.69 Å². The van der Waals surface area contributed by atoms with E-state index in [4.69, 9.17) is 0 Å². The molecule has 0 aromatic heterocycles. The minimum Gasteiger partial charge on any atom is -0.350 e. The van der Waals surface area contributed by atoms with E-state index < -0.39 is 0 Å². The van der Waals surface area contributed by atoms with Gasteiger partial charge in [0.1, 0.15) is 11.9 Å². The van der Waals surface area contributed by atoms with Gasteiger partial charge in [-0.1, -0.05) is 53.2 Å². The Labute approximate surface area is 144 Å². The molecule has 3 nitrogen and oxygen atoms in total. The zero-order valence-electron chi connectivity index (χ0n) is 13.2. The van der Waals surface area contributed by atoms with Gasteiger partial charge >= 0.3 is 0 Å². The smallest absolute Gasteiger partial charge is 0.242 e. The lowest BCUT2D eigenvalue weighted by Gasteiger charge is -2.26. The van der Waals surface area contributed by atoms with E-state index in [9.17, 15) is 9.18 Å². The van der Waals surface area contributed by atoms with Crippen LogP contribution in [0.15, 0.2) is 53.0 Å². The minimum atomic E-state index is -0.367. The number of halogens is 2. The Bertz CT molecular complexity index is 663. The van der Waals surface area contributed by atoms with Crippen molar-refractivity contribution in [2.75, 3.05) is 13.6 Å². The van der Waals surface area contributed by atoms with Crippen molar-refractivity contribution < 1.29 is 9.18 Å². The van der Waals surface area contributed by atoms with Gasteiger partial charge in [0, 0.05) is 11.0 Å². The number of hydrogen-bond donors (Lipinski definition) is 1. The number of rotatable bonds is 6. The maximum atomic E-state index is 13.3. The Morgan fingerprint density at radius 1 is 1.26 bits per heavy atom. The molecule has 2 aromatic rings. The van der Waals surface area contributed by atoms with E-state index in [1.165, 1.54) is 12.1 Å². The molecule has 0 bridgehead atoms. The summed E-state index contributed by atoms with van der Waals surface area (Å²) in [6.07, 6.45) is 0. The first-order chi connectivity index (χ1) is 11.0. The van der Waals surface area contributed by atoms with Crippen LogP contribution in [0, 0.1) is 5.82 Å². The predicted molar refractivity (Wildman–Crippen MR) is 93.4 cm³/mol. The highest BCUT2D eigenvalue weighted by molar-refractivity contribution is 9.10. The molecule has 122 valence electrons. The number of likely N-dealkylation sites (N-methyl/N-ethyl adjacent to an activating group) is 1. The van der Waals surface area contributed by atoms with Crippen molar-refractivity contribution in [2.24, 2.45) is 0 Å². The largest absolute Gasteiger partial charge is 0.350 e. The number of nitrogens with one attached hydrogen (secondary N) is 1. The van der Waals surface area contributed by atoms with Crippen molar-refractivity contribution in [3.05, 3.63) is 69.9 Å². The summed E-state index contributed by atoms with van der Waals surface area (Å²) in [6.45, 7) is 3.03. The fraction of sp³-hybridized carbons (Fsp3) is 0.278. The lowest BCUT2D eigenvalue weighted by atomic mass is 10.0. The number of amides is 1. The molecular formula is C18H20BrFN2O. The second-order valence-electron chi connectivity index (χ2n) is 5.34. The van der Waals surface area contributed by atoms with Gasteiger partial charge in [-0.2, -0.15) is 0 Å². The molecular weight excluding hydrogens is 359 g/mol. The summed E-state index contributed by atoms with van der Waals surface area (Å²) in [4.78, 5) is 14.6. The molecule has 0 fully saturated rings. The monoisotopic (exact) mass is 378 g/mol. The summed E-state index contributed by atoms with van der Waals surface area (Å²) in [5.41, 5.74) is 1.65. The second-order valence-corrected chi connectivity index (χ2v) is 6.19. The van der Waals surface area contributed by atoms with Crippen LogP contribution in [0.1, 0.15) is 24.1 Å². The van der Waals surface area contributed by atoms with Gasteiger partial charge in [-0.25, -0.2) is 4.39 Å². The molecule has 0 aliphatic carbocycles. The Morgan fingerprint density at radius 3 is 2.61 bits per heavy atom. The van der Waals surface area contributed by atoms with Crippen molar-refractivity contribution in [3.63, 3.8) is 0 Å². The molecule has 0 spiro atoms. The molecule has 5 heteroatoms. The fourth-order valence-electron chi connectivity index (χ4n) is 2.38. The highest BCUT2D eigenvalue weighted by atomic mass is 79.9. The van der Waals surface area contributed by atoms with E-state index in [0.717, 1.165) is 16.6 Å². The summed E-state index contributed by atoms with van der Waals surface area (Å²) >= 11 is 3.38. The van der Waals surface area contributed by atoms with Gasteiger partial charge in [0.05, 0.1) is 0 Å². The van der Waals surface area contributed by atoms with Crippen LogP contribution in [0.2, 0.25) is 0 Å². The zero-order chi connectivity index (χ0) is 16.8. The van der Waals surface area contributed by atoms with Crippen molar-refractivity contribution in [1.29, 1.82) is 0 Å². The van der Waals surface area contributed by atoms with Crippen LogP contribution in [0.25, 0.3) is 0 Å². The number of nitrogens with zero attached hydrogens (tertiary/aromatic N) is 1. The lowest BCUT2D eigenvalue weighted by molar-refractivity contribution is -0.126. The quantitative estimate of drug-likeness (QED) is 0.826. The molecule has 0 saturated heterocycles. The van der Waals surface area contributed by atoms with E-state index in [0.29, 0.717) is 5.56 Å². The maximum absolute atomic E-state index is 13.3. The van der Waals surface area contributed by atoms with Crippen LogP contribution in [0.5, 0.6) is 0 Å². The molecule has 1 amide bonds. The lowest BCUT2D eigenvalue weighted by Crippen LogP contribution is -2.38. The number of carbonyl (C=O) groups is 1. The molecule has 0 aliphatic rings. The SMILES string of the molecule is CCN(C)C(C(=O)NCc1cc(F)ccc1Br)c1ccccc1. The summed E-state index contributed by atoms with van der Waals surface area (Å²) in [5, 5.41) is 2.90. The average Bonchev–Trinajstić information content (AvgIpc) is 2.56. The van der Waals surface area contributed by atoms with Crippen LogP contribution < -0.4 is 5.32 Å². The van der Waals surface area contributed by atoms with Crippen LogP contribution in [-0.4, -0.2) is 24.4 Å². The molecule has 1 atom stereocenters. The molecule has 0 radical (unpaired) electrons. The van der Waals surface area contributed by atoms with Crippen LogP contribution >= 0.6 is 15.9 Å². The van der Waals surface area contributed by atoms with E-state index >= 15 is 0 Å². The third-order valence-electron chi connectivity index (χ3n) is 3.76.